The highest BCUT2D eigenvalue weighted by Gasteiger charge is 2.30. The monoisotopic (exact) mass is 507 g/mol. The fourth-order valence-corrected chi connectivity index (χ4v) is 3.55. The van der Waals surface area contributed by atoms with Crippen LogP contribution in [-0.2, 0) is 30.4 Å². The van der Waals surface area contributed by atoms with Crippen LogP contribution in [-0.4, -0.2) is 74.8 Å². The molecule has 8 N–H and O–H groups in total. The molecule has 0 aliphatic carbocycles. The van der Waals surface area contributed by atoms with Gasteiger partial charge < -0.3 is 36.9 Å². The van der Waals surface area contributed by atoms with Gasteiger partial charge in [0.2, 0.25) is 17.7 Å². The average Bonchev–Trinajstić information content (AvgIpc) is 3.21. The molecule has 0 saturated heterocycles. The minimum Gasteiger partial charge on any atom is -0.481 e. The van der Waals surface area contributed by atoms with E-state index in [1.807, 2.05) is 18.2 Å². The van der Waals surface area contributed by atoms with Crippen molar-refractivity contribution in [3.05, 3.63) is 36.0 Å². The molecule has 4 unspecified atom stereocenters. The third-order valence-electron chi connectivity index (χ3n) is 5.22. The van der Waals surface area contributed by atoms with Gasteiger partial charge in [-0.25, -0.2) is 4.79 Å². The number of fused-ring (bicyclic) bond motifs is 1. The summed E-state index contributed by atoms with van der Waals surface area (Å²) in [7, 11) is 0. The van der Waals surface area contributed by atoms with Gasteiger partial charge in [-0.3, -0.25) is 19.2 Å². The maximum absolute atomic E-state index is 13.1. The van der Waals surface area contributed by atoms with Crippen molar-refractivity contribution < 1.29 is 34.2 Å². The Kier molecular flexibility index (Phi) is 10.1. The van der Waals surface area contributed by atoms with Crippen LogP contribution < -0.4 is 21.7 Å². The number of aromatic nitrogens is 1. The number of carbonyl (C=O) groups is 5. The van der Waals surface area contributed by atoms with Crippen LogP contribution in [0.15, 0.2) is 30.5 Å². The molecule has 0 saturated carbocycles. The van der Waals surface area contributed by atoms with Gasteiger partial charge in [-0.05, 0) is 25.0 Å². The summed E-state index contributed by atoms with van der Waals surface area (Å²) >= 11 is 4.08. The summed E-state index contributed by atoms with van der Waals surface area (Å²) in [5, 5.41) is 26.4. The molecule has 2 aromatic rings. The predicted octanol–water partition coefficient (Wildman–Crippen LogP) is -0.609. The molecular weight excluding hydrogens is 478 g/mol. The first-order chi connectivity index (χ1) is 16.5. The fraction of sp³-hybridized carbons (Fsp3) is 0.409. The van der Waals surface area contributed by atoms with Crippen LogP contribution in [0.25, 0.3) is 10.9 Å². The molecular formula is C22H29N5O7S. The number of carbonyl (C=O) groups excluding carboxylic acids is 3. The second-order valence-electron chi connectivity index (χ2n) is 7.99. The quantitative estimate of drug-likeness (QED) is 0.164. The SMILES string of the molecule is CC(N)C(=O)NC(CS)C(=O)NC(Cc1c[nH]c2ccccc12)C(=O)NC(CCC(=O)O)C(=O)O. The Bertz CT molecular complexity index is 1090. The van der Waals surface area contributed by atoms with E-state index >= 15 is 0 Å². The number of rotatable bonds is 13. The zero-order valence-corrected chi connectivity index (χ0v) is 19.9. The number of para-hydroxylation sites is 1. The molecule has 0 spiro atoms. The Morgan fingerprint density at radius 2 is 1.57 bits per heavy atom. The predicted molar refractivity (Wildman–Crippen MR) is 130 cm³/mol. The maximum Gasteiger partial charge on any atom is 0.326 e. The van der Waals surface area contributed by atoms with Crippen LogP contribution in [0.5, 0.6) is 0 Å². The van der Waals surface area contributed by atoms with Crippen molar-refractivity contribution >= 4 is 53.2 Å². The molecule has 0 aliphatic rings. The number of aromatic amines is 1. The number of amides is 3. The fourth-order valence-electron chi connectivity index (χ4n) is 3.30. The lowest BCUT2D eigenvalue weighted by atomic mass is 10.0. The lowest BCUT2D eigenvalue weighted by molar-refractivity contribution is -0.143. The molecule has 35 heavy (non-hydrogen) atoms. The number of nitrogens with two attached hydrogens (primary N) is 1. The molecule has 3 amide bonds. The van der Waals surface area contributed by atoms with Crippen LogP contribution >= 0.6 is 12.6 Å². The van der Waals surface area contributed by atoms with Crippen LogP contribution in [0.1, 0.15) is 25.3 Å². The van der Waals surface area contributed by atoms with Crippen molar-refractivity contribution in [3.8, 4) is 0 Å². The van der Waals surface area contributed by atoms with E-state index in [0.29, 0.717) is 5.56 Å². The van der Waals surface area contributed by atoms with Gasteiger partial charge in [0.05, 0.1) is 6.04 Å². The van der Waals surface area contributed by atoms with Crippen molar-refractivity contribution in [2.75, 3.05) is 5.75 Å². The molecule has 0 bridgehead atoms. The second kappa shape index (κ2) is 12.8. The smallest absolute Gasteiger partial charge is 0.326 e. The number of hydrogen-bond donors (Lipinski definition) is 8. The van der Waals surface area contributed by atoms with E-state index in [9.17, 15) is 29.1 Å². The van der Waals surface area contributed by atoms with Crippen molar-refractivity contribution in [3.63, 3.8) is 0 Å². The Balaban J connectivity index is 2.27. The van der Waals surface area contributed by atoms with Crippen LogP contribution in [0.4, 0.5) is 0 Å². The number of carboxylic acid groups (broad SMARTS) is 2. The highest BCUT2D eigenvalue weighted by molar-refractivity contribution is 7.80. The second-order valence-corrected chi connectivity index (χ2v) is 8.35. The van der Waals surface area contributed by atoms with Crippen LogP contribution in [0, 0.1) is 0 Å². The standard InChI is InChI=1S/C22H29N5O7S/c1-11(23)19(30)27-17(10-35)21(32)26-16(8-12-9-24-14-5-3-2-4-13(12)14)20(31)25-15(22(33)34)6-7-18(28)29/h2-5,9,11,15-17,24,35H,6-8,10,23H2,1H3,(H,25,31)(H,26,32)(H,27,30)(H,28,29)(H,33,34). The Morgan fingerprint density at radius 1 is 0.971 bits per heavy atom. The third-order valence-corrected chi connectivity index (χ3v) is 5.59. The third kappa shape index (κ3) is 8.00. The van der Waals surface area contributed by atoms with Gasteiger partial charge in [-0.15, -0.1) is 0 Å². The lowest BCUT2D eigenvalue weighted by Crippen LogP contribution is -2.58. The summed E-state index contributed by atoms with van der Waals surface area (Å²) < 4.78 is 0. The number of H-pyrrole nitrogens is 1. The molecule has 1 aromatic heterocycles. The molecule has 2 rings (SSSR count). The van der Waals surface area contributed by atoms with E-state index in [-0.39, 0.29) is 18.6 Å². The molecule has 1 aromatic carbocycles. The van der Waals surface area contributed by atoms with Gasteiger partial charge >= 0.3 is 11.9 Å². The molecule has 0 fully saturated rings. The van der Waals surface area contributed by atoms with E-state index in [1.165, 1.54) is 6.92 Å². The summed E-state index contributed by atoms with van der Waals surface area (Å²) in [4.78, 5) is 63.4. The average molecular weight is 508 g/mol. The summed E-state index contributed by atoms with van der Waals surface area (Å²) in [6, 6.07) is 2.61. The molecule has 0 aliphatic heterocycles. The van der Waals surface area contributed by atoms with Crippen molar-refractivity contribution in [1.29, 1.82) is 0 Å². The lowest BCUT2D eigenvalue weighted by Gasteiger charge is -2.24. The van der Waals surface area contributed by atoms with E-state index in [1.54, 1.807) is 12.3 Å². The highest BCUT2D eigenvalue weighted by atomic mass is 32.1. The zero-order chi connectivity index (χ0) is 26.1. The van der Waals surface area contributed by atoms with Crippen molar-refractivity contribution in [1.82, 2.24) is 20.9 Å². The van der Waals surface area contributed by atoms with E-state index < -0.39 is 60.2 Å². The normalized spacial score (nSPS) is 14.4. The Labute approximate surface area is 206 Å². The number of carboxylic acids is 2. The number of hydrogen-bond acceptors (Lipinski definition) is 7. The summed E-state index contributed by atoms with van der Waals surface area (Å²) in [6.07, 6.45) is 0.854. The van der Waals surface area contributed by atoms with E-state index in [0.717, 1.165) is 10.9 Å². The van der Waals surface area contributed by atoms with E-state index in [2.05, 4.69) is 33.6 Å². The first-order valence-corrected chi connectivity index (χ1v) is 11.4. The van der Waals surface area contributed by atoms with Crippen LogP contribution in [0.3, 0.4) is 0 Å². The summed E-state index contributed by atoms with van der Waals surface area (Å²) in [5.41, 5.74) is 7.01. The van der Waals surface area contributed by atoms with Gasteiger partial charge in [0.1, 0.15) is 18.1 Å². The highest BCUT2D eigenvalue weighted by Crippen LogP contribution is 2.19. The molecule has 190 valence electrons. The molecule has 12 nitrogen and oxygen atoms in total. The van der Waals surface area contributed by atoms with Gasteiger partial charge in [-0.2, -0.15) is 12.6 Å². The molecule has 0 radical (unpaired) electrons. The molecule has 4 atom stereocenters. The first-order valence-electron chi connectivity index (χ1n) is 10.8. The first kappa shape index (κ1) is 27.7. The van der Waals surface area contributed by atoms with Gasteiger partial charge in [-0.1, -0.05) is 18.2 Å². The van der Waals surface area contributed by atoms with Gasteiger partial charge in [0, 0.05) is 35.7 Å². The van der Waals surface area contributed by atoms with Crippen molar-refractivity contribution in [2.24, 2.45) is 5.73 Å². The van der Waals surface area contributed by atoms with E-state index in [4.69, 9.17) is 10.8 Å². The number of nitrogens with one attached hydrogen (secondary N) is 4. The number of benzene rings is 1. The maximum atomic E-state index is 13.1. The minimum atomic E-state index is -1.47. The summed E-state index contributed by atoms with van der Waals surface area (Å²) in [6.45, 7) is 1.44. The van der Waals surface area contributed by atoms with Crippen molar-refractivity contribution in [2.45, 2.75) is 50.4 Å². The zero-order valence-electron chi connectivity index (χ0n) is 19.0. The number of aliphatic carboxylic acids is 2. The topological polar surface area (TPSA) is 204 Å². The van der Waals surface area contributed by atoms with Gasteiger partial charge in [0.25, 0.3) is 0 Å². The minimum absolute atomic E-state index is 0.00656. The van der Waals surface area contributed by atoms with Crippen LogP contribution in [0.2, 0.25) is 0 Å². The van der Waals surface area contributed by atoms with Gasteiger partial charge in [0.15, 0.2) is 0 Å². The Morgan fingerprint density at radius 3 is 2.17 bits per heavy atom. The molecule has 1 heterocycles. The largest absolute Gasteiger partial charge is 0.481 e. The Hall–Kier alpha value is -3.58. The molecule has 13 heteroatoms. The number of thiol groups is 1. The summed E-state index contributed by atoms with van der Waals surface area (Å²) in [5.74, 6) is -4.83.